The third-order valence-corrected chi connectivity index (χ3v) is 6.70. The van der Waals surface area contributed by atoms with Gasteiger partial charge in [-0.1, -0.05) is 35.0 Å². The molecule has 112 valence electrons. The average Bonchev–Trinajstić information content (AvgIpc) is 3.05. The van der Waals surface area contributed by atoms with Gasteiger partial charge < -0.3 is 10.5 Å². The van der Waals surface area contributed by atoms with Crippen LogP contribution in [0.5, 0.6) is 0 Å². The zero-order chi connectivity index (χ0) is 15.0. The fourth-order valence-corrected chi connectivity index (χ4v) is 5.00. The zero-order valence-corrected chi connectivity index (χ0v) is 14.1. The molecular formula is C14H20BrNO3S. The van der Waals surface area contributed by atoms with Crippen molar-refractivity contribution in [2.24, 2.45) is 5.73 Å². The molecule has 0 saturated heterocycles. The van der Waals surface area contributed by atoms with Crippen LogP contribution in [0.15, 0.2) is 28.7 Å². The van der Waals surface area contributed by atoms with Gasteiger partial charge >= 0.3 is 0 Å². The summed E-state index contributed by atoms with van der Waals surface area (Å²) in [6.45, 7) is 4.34. The van der Waals surface area contributed by atoms with Crippen LogP contribution in [0.4, 0.5) is 0 Å². The Morgan fingerprint density at radius 2 is 1.90 bits per heavy atom. The molecule has 4 nitrogen and oxygen atoms in total. The second kappa shape index (κ2) is 5.75. The number of hydrogen-bond acceptors (Lipinski definition) is 4. The molecule has 0 spiro atoms. The summed E-state index contributed by atoms with van der Waals surface area (Å²) in [7, 11) is -3.19. The molecule has 0 amide bonds. The molecule has 0 heterocycles. The normalized spacial score (nSPS) is 29.4. The second-order valence-electron chi connectivity index (χ2n) is 5.15. The van der Waals surface area contributed by atoms with E-state index < -0.39 is 20.6 Å². The maximum absolute atomic E-state index is 12.2. The first-order chi connectivity index (χ1) is 9.36. The standard InChI is InChI=1S/C14H20BrNO3S/c1-3-19-9-14(16)12(13(14)20(17,18)4-2)10-5-7-11(15)8-6-10/h5-8,12-13H,3-4,9,16H2,1-2H3/t12-,13+,14-/m0/s1. The Balaban J connectivity index is 2.32. The van der Waals surface area contributed by atoms with E-state index in [1.54, 1.807) is 6.92 Å². The second-order valence-corrected chi connectivity index (χ2v) is 8.48. The number of ether oxygens (including phenoxy) is 1. The van der Waals surface area contributed by atoms with Crippen molar-refractivity contribution in [3.05, 3.63) is 34.3 Å². The van der Waals surface area contributed by atoms with Crippen LogP contribution in [-0.2, 0) is 14.6 Å². The van der Waals surface area contributed by atoms with Gasteiger partial charge in [-0.3, -0.25) is 0 Å². The lowest BCUT2D eigenvalue weighted by Gasteiger charge is -2.12. The fourth-order valence-electron chi connectivity index (χ4n) is 2.75. The molecule has 1 aliphatic rings. The van der Waals surface area contributed by atoms with Crippen LogP contribution >= 0.6 is 15.9 Å². The molecule has 0 aromatic heterocycles. The first-order valence-electron chi connectivity index (χ1n) is 6.70. The van der Waals surface area contributed by atoms with Gasteiger partial charge in [-0.2, -0.15) is 0 Å². The van der Waals surface area contributed by atoms with Gasteiger partial charge in [-0.15, -0.1) is 0 Å². The van der Waals surface area contributed by atoms with E-state index in [1.165, 1.54) is 0 Å². The molecule has 0 bridgehead atoms. The predicted octanol–water partition coefficient (Wildman–Crippen LogP) is 2.08. The molecule has 2 N–H and O–H groups in total. The molecule has 0 radical (unpaired) electrons. The molecule has 3 atom stereocenters. The minimum Gasteiger partial charge on any atom is -0.380 e. The van der Waals surface area contributed by atoms with Crippen LogP contribution in [0.1, 0.15) is 25.3 Å². The summed E-state index contributed by atoms with van der Waals surface area (Å²) >= 11 is 3.38. The van der Waals surface area contributed by atoms with Gasteiger partial charge in [0.25, 0.3) is 0 Å². The van der Waals surface area contributed by atoms with E-state index in [4.69, 9.17) is 10.5 Å². The van der Waals surface area contributed by atoms with Crippen molar-refractivity contribution in [3.8, 4) is 0 Å². The molecule has 2 rings (SSSR count). The summed E-state index contributed by atoms with van der Waals surface area (Å²) in [6.07, 6.45) is 0. The molecule has 0 unspecified atom stereocenters. The van der Waals surface area contributed by atoms with Crippen LogP contribution in [0.25, 0.3) is 0 Å². The largest absolute Gasteiger partial charge is 0.380 e. The lowest BCUT2D eigenvalue weighted by Crippen LogP contribution is -2.36. The lowest BCUT2D eigenvalue weighted by atomic mass is 10.1. The Morgan fingerprint density at radius 1 is 1.30 bits per heavy atom. The van der Waals surface area contributed by atoms with E-state index in [9.17, 15) is 8.42 Å². The predicted molar refractivity (Wildman–Crippen MR) is 83.5 cm³/mol. The molecule has 6 heteroatoms. The van der Waals surface area contributed by atoms with Crippen molar-refractivity contribution in [1.82, 2.24) is 0 Å². The van der Waals surface area contributed by atoms with Gasteiger partial charge in [0.1, 0.15) is 0 Å². The van der Waals surface area contributed by atoms with Crippen molar-refractivity contribution >= 4 is 25.8 Å². The molecule has 20 heavy (non-hydrogen) atoms. The monoisotopic (exact) mass is 361 g/mol. The lowest BCUT2D eigenvalue weighted by molar-refractivity contribution is 0.125. The van der Waals surface area contributed by atoms with E-state index >= 15 is 0 Å². The number of benzene rings is 1. The summed E-state index contributed by atoms with van der Waals surface area (Å²) in [5, 5.41) is -0.548. The number of sulfone groups is 1. The summed E-state index contributed by atoms with van der Waals surface area (Å²) in [4.78, 5) is 0. The maximum Gasteiger partial charge on any atom is 0.155 e. The molecule has 1 aromatic carbocycles. The maximum atomic E-state index is 12.2. The van der Waals surface area contributed by atoms with Crippen LogP contribution < -0.4 is 5.73 Å². The van der Waals surface area contributed by atoms with E-state index in [0.29, 0.717) is 6.61 Å². The highest BCUT2D eigenvalue weighted by molar-refractivity contribution is 9.10. The highest BCUT2D eigenvalue weighted by Gasteiger charge is 2.68. The third-order valence-electron chi connectivity index (χ3n) is 3.88. The van der Waals surface area contributed by atoms with Gasteiger partial charge in [0.2, 0.25) is 0 Å². The molecular weight excluding hydrogens is 342 g/mol. The topological polar surface area (TPSA) is 69.4 Å². The Kier molecular flexibility index (Phi) is 4.59. The summed E-state index contributed by atoms with van der Waals surface area (Å²) in [5.41, 5.74) is 6.49. The summed E-state index contributed by atoms with van der Waals surface area (Å²) in [5.74, 6) is -0.0810. The van der Waals surface area contributed by atoms with Gasteiger partial charge in [-0.05, 0) is 24.6 Å². The number of rotatable bonds is 6. The Hall–Kier alpha value is -0.430. The third kappa shape index (κ3) is 2.79. The Morgan fingerprint density at radius 3 is 2.40 bits per heavy atom. The highest BCUT2D eigenvalue weighted by atomic mass is 79.9. The number of halogens is 1. The minimum absolute atomic E-state index is 0.107. The van der Waals surface area contributed by atoms with Crippen molar-refractivity contribution in [2.45, 2.75) is 30.6 Å². The van der Waals surface area contributed by atoms with Crippen molar-refractivity contribution in [2.75, 3.05) is 19.0 Å². The van der Waals surface area contributed by atoms with E-state index in [0.717, 1.165) is 10.0 Å². The SMILES string of the molecule is CCOC[C@@]1(N)[C@H](S(=O)(=O)CC)[C@@H]1c1ccc(Br)cc1. The molecule has 1 fully saturated rings. The van der Waals surface area contributed by atoms with Crippen molar-refractivity contribution in [1.29, 1.82) is 0 Å². The first kappa shape index (κ1) is 15.9. The molecule has 0 aliphatic heterocycles. The molecule has 1 aliphatic carbocycles. The highest BCUT2D eigenvalue weighted by Crippen LogP contribution is 2.54. The molecule has 1 saturated carbocycles. The number of hydrogen-bond donors (Lipinski definition) is 1. The Labute approximate surface area is 128 Å². The van der Waals surface area contributed by atoms with Gasteiger partial charge in [0, 0.05) is 22.8 Å². The average molecular weight is 362 g/mol. The van der Waals surface area contributed by atoms with Crippen molar-refractivity contribution in [3.63, 3.8) is 0 Å². The van der Waals surface area contributed by atoms with Gasteiger partial charge in [0.15, 0.2) is 9.84 Å². The van der Waals surface area contributed by atoms with Crippen LogP contribution in [-0.4, -0.2) is 38.2 Å². The minimum atomic E-state index is -3.19. The summed E-state index contributed by atoms with van der Waals surface area (Å²) in [6, 6.07) is 7.66. The van der Waals surface area contributed by atoms with E-state index in [1.807, 2.05) is 31.2 Å². The quantitative estimate of drug-likeness (QED) is 0.841. The first-order valence-corrected chi connectivity index (χ1v) is 9.21. The van der Waals surface area contributed by atoms with Gasteiger partial charge in [-0.25, -0.2) is 8.42 Å². The van der Waals surface area contributed by atoms with Crippen molar-refractivity contribution < 1.29 is 13.2 Å². The summed E-state index contributed by atoms with van der Waals surface area (Å²) < 4.78 is 30.9. The Bertz CT molecular complexity index is 573. The molecule has 1 aromatic rings. The van der Waals surface area contributed by atoms with Gasteiger partial charge in [0.05, 0.1) is 17.4 Å². The van der Waals surface area contributed by atoms with E-state index in [2.05, 4.69) is 15.9 Å². The number of nitrogens with two attached hydrogens (primary N) is 1. The van der Waals surface area contributed by atoms with Crippen LogP contribution in [0, 0.1) is 0 Å². The fraction of sp³-hybridized carbons (Fsp3) is 0.571. The van der Waals surface area contributed by atoms with Crippen LogP contribution in [0.3, 0.4) is 0 Å². The van der Waals surface area contributed by atoms with Crippen LogP contribution in [0.2, 0.25) is 0 Å². The van der Waals surface area contributed by atoms with E-state index in [-0.39, 0.29) is 18.3 Å². The zero-order valence-electron chi connectivity index (χ0n) is 11.7. The smallest absolute Gasteiger partial charge is 0.155 e.